The molecule has 0 radical (unpaired) electrons. The van der Waals surface area contributed by atoms with Crippen LogP contribution in [-0.2, 0) is 19.0 Å². The average molecular weight is 387 g/mol. The van der Waals surface area contributed by atoms with Gasteiger partial charge in [-0.1, -0.05) is 0 Å². The molecule has 9 heteroatoms. The predicted octanol–water partition coefficient (Wildman–Crippen LogP) is 1.65. The number of amides is 2. The summed E-state index contributed by atoms with van der Waals surface area (Å²) in [6.07, 6.45) is -0.620. The van der Waals surface area contributed by atoms with Crippen LogP contribution in [0.2, 0.25) is 0 Å². The van der Waals surface area contributed by atoms with Crippen molar-refractivity contribution in [2.75, 3.05) is 26.7 Å². The molecule has 1 aliphatic heterocycles. The van der Waals surface area contributed by atoms with Crippen LogP contribution in [0, 0.1) is 0 Å². The van der Waals surface area contributed by atoms with Gasteiger partial charge in [0.15, 0.2) is 0 Å². The summed E-state index contributed by atoms with van der Waals surface area (Å²) in [5.41, 5.74) is -1.20. The van der Waals surface area contributed by atoms with Crippen molar-refractivity contribution < 1.29 is 28.6 Å². The van der Waals surface area contributed by atoms with Gasteiger partial charge >= 0.3 is 18.2 Å². The van der Waals surface area contributed by atoms with Gasteiger partial charge in [0, 0.05) is 25.7 Å². The summed E-state index contributed by atoms with van der Waals surface area (Å²) < 4.78 is 15.3. The molecule has 2 amide bonds. The maximum atomic E-state index is 12.4. The number of ether oxygens (including phenoxy) is 3. The molecule has 1 fully saturated rings. The summed E-state index contributed by atoms with van der Waals surface area (Å²) in [6, 6.07) is -0.803. The first-order chi connectivity index (χ1) is 12.3. The number of alkyl carbamates (subject to hydrolysis) is 1. The molecule has 2 N–H and O–H groups in total. The molecular weight excluding hydrogens is 354 g/mol. The lowest BCUT2D eigenvalue weighted by atomic mass is 10.1. The third-order valence-corrected chi connectivity index (χ3v) is 3.63. The highest BCUT2D eigenvalue weighted by Gasteiger charge is 2.41. The minimum Gasteiger partial charge on any atom is -0.467 e. The molecule has 0 aliphatic carbocycles. The molecule has 0 unspecified atom stereocenters. The molecule has 1 heterocycles. The first-order valence-corrected chi connectivity index (χ1v) is 9.10. The SMILES string of the molecule is COC(=O)[C@@H]1C[C@@H](NCCNC(=O)OC(C)(C)C)CN1C(=O)OC(C)(C)C. The van der Waals surface area contributed by atoms with Gasteiger partial charge < -0.3 is 24.8 Å². The third-order valence-electron chi connectivity index (χ3n) is 3.63. The Kier molecular flexibility index (Phi) is 7.89. The number of rotatable bonds is 5. The Hall–Kier alpha value is -2.03. The second-order valence-electron chi connectivity index (χ2n) is 8.49. The Labute approximate surface area is 161 Å². The summed E-state index contributed by atoms with van der Waals surface area (Å²) >= 11 is 0. The predicted molar refractivity (Wildman–Crippen MR) is 99.4 cm³/mol. The van der Waals surface area contributed by atoms with Gasteiger partial charge in [0.2, 0.25) is 0 Å². The molecule has 2 atom stereocenters. The first kappa shape index (κ1) is 23.0. The van der Waals surface area contributed by atoms with E-state index in [4.69, 9.17) is 14.2 Å². The molecular formula is C18H33N3O6. The summed E-state index contributed by atoms with van der Waals surface area (Å²) in [7, 11) is 1.29. The highest BCUT2D eigenvalue weighted by Crippen LogP contribution is 2.22. The Morgan fingerprint density at radius 1 is 1.00 bits per heavy atom. The van der Waals surface area contributed by atoms with Crippen LogP contribution < -0.4 is 10.6 Å². The quantitative estimate of drug-likeness (QED) is 0.420. The van der Waals surface area contributed by atoms with Gasteiger partial charge in [-0.3, -0.25) is 4.90 Å². The zero-order chi connectivity index (χ0) is 20.8. The van der Waals surface area contributed by atoms with Gasteiger partial charge in [-0.05, 0) is 48.0 Å². The van der Waals surface area contributed by atoms with E-state index in [1.54, 1.807) is 41.5 Å². The lowest BCUT2D eigenvalue weighted by Gasteiger charge is -2.27. The van der Waals surface area contributed by atoms with Crippen LogP contribution in [0.25, 0.3) is 0 Å². The Bertz CT molecular complexity index is 538. The van der Waals surface area contributed by atoms with Crippen LogP contribution in [-0.4, -0.2) is 73.1 Å². The fourth-order valence-electron chi connectivity index (χ4n) is 2.62. The van der Waals surface area contributed by atoms with Crippen molar-refractivity contribution in [1.82, 2.24) is 15.5 Å². The van der Waals surface area contributed by atoms with Crippen molar-refractivity contribution in [3.8, 4) is 0 Å². The summed E-state index contributed by atoms with van der Waals surface area (Å²) in [6.45, 7) is 11.8. The maximum absolute atomic E-state index is 12.4. The van der Waals surface area contributed by atoms with E-state index in [1.165, 1.54) is 12.0 Å². The zero-order valence-electron chi connectivity index (χ0n) is 17.4. The molecule has 0 aromatic carbocycles. The van der Waals surface area contributed by atoms with Crippen LogP contribution in [0.1, 0.15) is 48.0 Å². The summed E-state index contributed by atoms with van der Waals surface area (Å²) in [5.74, 6) is -0.475. The summed E-state index contributed by atoms with van der Waals surface area (Å²) in [4.78, 5) is 37.4. The van der Waals surface area contributed by atoms with Crippen molar-refractivity contribution >= 4 is 18.2 Å². The number of carbonyl (C=O) groups excluding carboxylic acids is 3. The molecule has 27 heavy (non-hydrogen) atoms. The van der Waals surface area contributed by atoms with E-state index in [0.29, 0.717) is 26.1 Å². The van der Waals surface area contributed by atoms with Gasteiger partial charge in [-0.15, -0.1) is 0 Å². The van der Waals surface area contributed by atoms with Crippen LogP contribution in [0.4, 0.5) is 9.59 Å². The molecule has 1 rings (SSSR count). The maximum Gasteiger partial charge on any atom is 0.411 e. The second kappa shape index (κ2) is 9.25. The average Bonchev–Trinajstić information content (AvgIpc) is 2.92. The van der Waals surface area contributed by atoms with Gasteiger partial charge in [0.1, 0.15) is 17.2 Å². The molecule has 156 valence electrons. The molecule has 0 aromatic heterocycles. The van der Waals surface area contributed by atoms with E-state index in [1.807, 2.05) is 0 Å². The van der Waals surface area contributed by atoms with Crippen molar-refractivity contribution in [2.24, 2.45) is 0 Å². The number of carbonyl (C=O) groups is 3. The largest absolute Gasteiger partial charge is 0.467 e. The molecule has 1 aliphatic rings. The van der Waals surface area contributed by atoms with Gasteiger partial charge in [-0.25, -0.2) is 14.4 Å². The van der Waals surface area contributed by atoms with Crippen molar-refractivity contribution in [1.29, 1.82) is 0 Å². The summed E-state index contributed by atoms with van der Waals surface area (Å²) in [5, 5.41) is 5.88. The number of likely N-dealkylation sites (tertiary alicyclic amines) is 1. The fourth-order valence-corrected chi connectivity index (χ4v) is 2.62. The molecule has 0 bridgehead atoms. The smallest absolute Gasteiger partial charge is 0.411 e. The standard InChI is InChI=1S/C18H33N3O6/c1-17(2,3)26-15(23)20-9-8-19-12-10-13(14(22)25-7)21(11-12)16(24)27-18(4,5)6/h12-13,19H,8-11H2,1-7H3,(H,20,23)/t12-,13+/m1/s1. The topological polar surface area (TPSA) is 106 Å². The molecule has 0 saturated carbocycles. The minimum atomic E-state index is -0.693. The van der Waals surface area contributed by atoms with Crippen LogP contribution in [0.3, 0.4) is 0 Å². The van der Waals surface area contributed by atoms with E-state index in [2.05, 4.69) is 10.6 Å². The van der Waals surface area contributed by atoms with Crippen molar-refractivity contribution in [3.63, 3.8) is 0 Å². The van der Waals surface area contributed by atoms with Crippen LogP contribution >= 0.6 is 0 Å². The Balaban J connectivity index is 2.52. The van der Waals surface area contributed by atoms with Crippen LogP contribution in [0.5, 0.6) is 0 Å². The van der Waals surface area contributed by atoms with Gasteiger partial charge in [-0.2, -0.15) is 0 Å². The number of nitrogens with zero attached hydrogens (tertiary/aromatic N) is 1. The molecule has 9 nitrogen and oxygen atoms in total. The third kappa shape index (κ3) is 8.47. The van der Waals surface area contributed by atoms with Gasteiger partial charge in [0.05, 0.1) is 7.11 Å². The van der Waals surface area contributed by atoms with Crippen molar-refractivity contribution in [3.05, 3.63) is 0 Å². The lowest BCUT2D eigenvalue weighted by Crippen LogP contribution is -2.44. The zero-order valence-corrected chi connectivity index (χ0v) is 17.4. The van der Waals surface area contributed by atoms with E-state index >= 15 is 0 Å². The van der Waals surface area contributed by atoms with E-state index < -0.39 is 35.4 Å². The highest BCUT2D eigenvalue weighted by molar-refractivity contribution is 5.82. The van der Waals surface area contributed by atoms with E-state index in [-0.39, 0.29) is 6.04 Å². The monoisotopic (exact) mass is 387 g/mol. The van der Waals surface area contributed by atoms with Crippen LogP contribution in [0.15, 0.2) is 0 Å². The number of esters is 1. The fraction of sp³-hybridized carbons (Fsp3) is 0.833. The molecule has 0 aromatic rings. The number of nitrogens with one attached hydrogen (secondary N) is 2. The van der Waals surface area contributed by atoms with E-state index in [9.17, 15) is 14.4 Å². The van der Waals surface area contributed by atoms with E-state index in [0.717, 1.165) is 0 Å². The number of hydrogen-bond donors (Lipinski definition) is 2. The number of methoxy groups -OCH3 is 1. The van der Waals surface area contributed by atoms with Crippen molar-refractivity contribution in [2.45, 2.75) is 71.2 Å². The number of hydrogen-bond acceptors (Lipinski definition) is 7. The highest BCUT2D eigenvalue weighted by atomic mass is 16.6. The minimum absolute atomic E-state index is 0.109. The first-order valence-electron chi connectivity index (χ1n) is 9.10. The normalized spacial score (nSPS) is 20.2. The molecule has 0 spiro atoms. The Morgan fingerprint density at radius 3 is 2.11 bits per heavy atom. The molecule has 1 saturated heterocycles. The second-order valence-corrected chi connectivity index (χ2v) is 8.49. The lowest BCUT2D eigenvalue weighted by molar-refractivity contribution is -0.145. The van der Waals surface area contributed by atoms with Gasteiger partial charge in [0.25, 0.3) is 0 Å². The Morgan fingerprint density at radius 2 is 1.59 bits per heavy atom.